The molecular weight excluding hydrogens is 258 g/mol. The van der Waals surface area contributed by atoms with Gasteiger partial charge in [-0.05, 0) is 0 Å². The van der Waals surface area contributed by atoms with E-state index in [2.05, 4.69) is 62.4 Å². The minimum atomic E-state index is 0. The summed E-state index contributed by atoms with van der Waals surface area (Å²) in [6, 6.07) is 16.8. The monoisotopic (exact) mass is 276 g/mol. The zero-order valence-corrected chi connectivity index (χ0v) is 11.5. The Morgan fingerprint density at radius 3 is 1.00 bits per heavy atom. The average Bonchev–Trinajstić information content (AvgIpc) is 2.92. The largest absolute Gasteiger partial charge is 4.00 e. The van der Waals surface area contributed by atoms with E-state index < -0.39 is 0 Å². The average molecular weight is 276 g/mol. The molecule has 2 aromatic rings. The van der Waals surface area contributed by atoms with Crippen molar-refractivity contribution in [2.24, 2.45) is 0 Å². The van der Waals surface area contributed by atoms with E-state index in [1.807, 2.05) is 0 Å². The minimum absolute atomic E-state index is 0. The van der Waals surface area contributed by atoms with E-state index in [-0.39, 0.29) is 26.8 Å². The van der Waals surface area contributed by atoms with Crippen LogP contribution in [0.3, 0.4) is 0 Å². The molecule has 3 heteroatoms. The third kappa shape index (κ3) is 8.86. The van der Waals surface area contributed by atoms with Crippen LogP contribution in [0.5, 0.6) is 0 Å². The first-order chi connectivity index (χ1) is 6.86. The first kappa shape index (κ1) is 21.4. The first-order valence-electron chi connectivity index (χ1n) is 5.28. The van der Waals surface area contributed by atoms with Crippen molar-refractivity contribution >= 4 is 0 Å². The van der Waals surface area contributed by atoms with Gasteiger partial charge in [0.25, 0.3) is 0 Å². The zero-order valence-electron chi connectivity index (χ0n) is 10.2. The Morgan fingerprint density at radius 1 is 0.647 bits per heavy atom. The molecule has 0 spiro atoms. The van der Waals surface area contributed by atoms with Gasteiger partial charge in [0.05, 0.1) is 0 Å². The Bertz CT molecular complexity index is 278. The summed E-state index contributed by atoms with van der Waals surface area (Å²) in [7, 11) is 0. The maximum atomic E-state index is 2.16. The van der Waals surface area contributed by atoms with Crippen molar-refractivity contribution in [3.8, 4) is 0 Å². The van der Waals surface area contributed by atoms with Crippen LogP contribution in [-0.4, -0.2) is 0 Å². The van der Waals surface area contributed by atoms with Crippen LogP contribution >= 0.6 is 0 Å². The minimum Gasteiger partial charge on any atom is -1.00 e. The molecule has 0 radical (unpaired) electrons. The maximum Gasteiger partial charge on any atom is 4.00 e. The molecule has 0 aliphatic carbocycles. The predicted molar refractivity (Wildman–Crippen MR) is 62.8 cm³/mol. The second kappa shape index (κ2) is 13.2. The summed E-state index contributed by atoms with van der Waals surface area (Å²) < 4.78 is 0. The van der Waals surface area contributed by atoms with Crippen LogP contribution in [0.15, 0.2) is 48.5 Å². The second-order valence-electron chi connectivity index (χ2n) is 3.29. The van der Waals surface area contributed by atoms with Crippen LogP contribution in [-0.2, 0) is 30.2 Å². The van der Waals surface area contributed by atoms with Gasteiger partial charge in [0.2, 0.25) is 0 Å². The number of halogens is 2. The smallest absolute Gasteiger partial charge is 1.00 e. The molecule has 0 aliphatic rings. The van der Waals surface area contributed by atoms with E-state index in [9.17, 15) is 0 Å². The van der Waals surface area contributed by atoms with Crippen molar-refractivity contribution in [2.75, 3.05) is 0 Å². The first-order valence-corrected chi connectivity index (χ1v) is 5.28. The molecule has 0 aliphatic heterocycles. The van der Waals surface area contributed by atoms with Gasteiger partial charge >= 0.3 is 17.4 Å². The van der Waals surface area contributed by atoms with Gasteiger partial charge in [-0.25, -0.2) is 24.3 Å². The van der Waals surface area contributed by atoms with Gasteiger partial charge in [-0.3, -0.25) is 0 Å². The normalized spacial score (nSPS) is 7.65. The molecule has 0 unspecified atom stereocenters. The van der Waals surface area contributed by atoms with Gasteiger partial charge in [0.15, 0.2) is 0 Å². The van der Waals surface area contributed by atoms with Crippen LogP contribution in [0.1, 0.15) is 25.0 Å². The Morgan fingerprint density at radius 2 is 0.882 bits per heavy atom. The molecule has 2 aromatic carbocycles. The Kier molecular flexibility index (Phi) is 16.6. The Balaban J connectivity index is -0.000000196. The van der Waals surface area contributed by atoms with Gasteiger partial charge in [-0.15, -0.1) is 0 Å². The van der Waals surface area contributed by atoms with Crippen molar-refractivity contribution in [3.63, 3.8) is 0 Å². The molecule has 0 nitrogen and oxygen atoms in total. The third-order valence-corrected chi connectivity index (χ3v) is 2.28. The van der Waals surface area contributed by atoms with E-state index >= 15 is 0 Å². The fraction of sp³-hybridized carbons (Fsp3) is 0.286. The molecule has 0 saturated carbocycles. The van der Waals surface area contributed by atoms with E-state index in [1.165, 1.54) is 11.1 Å². The van der Waals surface area contributed by atoms with Gasteiger partial charge in [-0.1, -0.05) is 26.7 Å². The summed E-state index contributed by atoms with van der Waals surface area (Å²) in [5.41, 5.74) is 2.86. The molecule has 0 bridgehead atoms. The van der Waals surface area contributed by atoms with Gasteiger partial charge in [0.1, 0.15) is 0 Å². The van der Waals surface area contributed by atoms with Crippen LogP contribution in [0, 0.1) is 0 Å². The standard InChI is InChI=1S/2C7H9.Cr.2FH/c2*1-2-7-5-3-4-6-7;;;/h2*3-6H,2H2,1H3;;2*1H/q2*-1;+4;;/p-2. The number of aryl methyl sites for hydroxylation is 2. The van der Waals surface area contributed by atoms with Gasteiger partial charge in [-0.2, -0.15) is 35.4 Å². The van der Waals surface area contributed by atoms with E-state index in [1.54, 1.807) is 0 Å². The fourth-order valence-corrected chi connectivity index (χ4v) is 1.30. The molecule has 0 aromatic heterocycles. The SMILES string of the molecule is CC[c-]1cccc1.CC[c-]1cccc1.[Cr+4].[F-].[F-]. The van der Waals surface area contributed by atoms with Crippen molar-refractivity contribution in [1.29, 1.82) is 0 Å². The number of hydrogen-bond donors (Lipinski definition) is 0. The molecular formula is C14H18CrF2. The quantitative estimate of drug-likeness (QED) is 0.554. The molecule has 17 heavy (non-hydrogen) atoms. The topological polar surface area (TPSA) is 0 Å². The molecule has 94 valence electrons. The summed E-state index contributed by atoms with van der Waals surface area (Å²) in [6.45, 7) is 4.32. The zero-order chi connectivity index (χ0) is 10.2. The predicted octanol–water partition coefficient (Wildman–Crippen LogP) is -2.06. The van der Waals surface area contributed by atoms with Gasteiger partial charge in [0, 0.05) is 0 Å². The van der Waals surface area contributed by atoms with Crippen LogP contribution < -0.4 is 9.41 Å². The van der Waals surface area contributed by atoms with Crippen LogP contribution in [0.4, 0.5) is 0 Å². The van der Waals surface area contributed by atoms with E-state index in [0.717, 1.165) is 12.8 Å². The van der Waals surface area contributed by atoms with Crippen molar-refractivity contribution in [1.82, 2.24) is 0 Å². The summed E-state index contributed by atoms with van der Waals surface area (Å²) in [5.74, 6) is 0. The van der Waals surface area contributed by atoms with E-state index in [4.69, 9.17) is 0 Å². The molecule has 0 atom stereocenters. The van der Waals surface area contributed by atoms with Crippen molar-refractivity contribution in [3.05, 3.63) is 59.7 Å². The third-order valence-electron chi connectivity index (χ3n) is 2.28. The van der Waals surface area contributed by atoms with E-state index in [0.29, 0.717) is 0 Å². The summed E-state index contributed by atoms with van der Waals surface area (Å²) in [5, 5.41) is 0. The molecule has 0 fully saturated rings. The molecule has 2 rings (SSSR count). The van der Waals surface area contributed by atoms with Crippen LogP contribution in [0.2, 0.25) is 0 Å². The van der Waals surface area contributed by atoms with Crippen molar-refractivity contribution in [2.45, 2.75) is 26.7 Å². The van der Waals surface area contributed by atoms with Gasteiger partial charge < -0.3 is 9.41 Å². The number of rotatable bonds is 2. The number of hydrogen-bond acceptors (Lipinski definition) is 0. The Labute approximate surface area is 113 Å². The molecule has 0 amide bonds. The Hall–Kier alpha value is -0.908. The molecule has 0 N–H and O–H groups in total. The molecule has 0 heterocycles. The second-order valence-corrected chi connectivity index (χ2v) is 3.29. The summed E-state index contributed by atoms with van der Waals surface area (Å²) >= 11 is 0. The summed E-state index contributed by atoms with van der Waals surface area (Å²) in [4.78, 5) is 0. The van der Waals surface area contributed by atoms with Crippen LogP contribution in [0.25, 0.3) is 0 Å². The van der Waals surface area contributed by atoms with Crippen molar-refractivity contribution < 1.29 is 26.8 Å². The maximum absolute atomic E-state index is 2.16. The fourth-order valence-electron chi connectivity index (χ4n) is 1.30. The molecule has 0 saturated heterocycles. The summed E-state index contributed by atoms with van der Waals surface area (Å²) in [6.07, 6.45) is 2.32.